The number of ether oxygens (including phenoxy) is 1. The van der Waals surface area contributed by atoms with Crippen molar-refractivity contribution in [1.82, 2.24) is 0 Å². The Balaban J connectivity index is 3.45. The molecule has 1 aromatic carbocycles. The van der Waals surface area contributed by atoms with Gasteiger partial charge in [-0.3, -0.25) is 0 Å². The summed E-state index contributed by atoms with van der Waals surface area (Å²) in [5.74, 6) is 0.330. The lowest BCUT2D eigenvalue weighted by molar-refractivity contribution is 0.416. The lowest BCUT2D eigenvalue weighted by Crippen LogP contribution is -1.96. The van der Waals surface area contributed by atoms with Crippen molar-refractivity contribution in [3.8, 4) is 5.75 Å². The van der Waals surface area contributed by atoms with E-state index < -0.39 is 10.0 Å². The molecule has 0 N–H and O–H groups in total. The molecule has 0 aliphatic heterocycles. The molecule has 0 atom stereocenters. The second-order valence-electron chi connectivity index (χ2n) is 2.69. The fourth-order valence-electron chi connectivity index (χ4n) is 1.07. The third kappa shape index (κ3) is 3.05. The molecule has 0 amide bonds. The van der Waals surface area contributed by atoms with Gasteiger partial charge >= 0.3 is 0 Å². The summed E-state index contributed by atoms with van der Waals surface area (Å²) < 4.78 is 30.5. The highest BCUT2D eigenvalue weighted by molar-refractivity contribution is 7.90. The zero-order chi connectivity index (χ0) is 12.9. The van der Waals surface area contributed by atoms with E-state index in [0.29, 0.717) is 5.75 Å². The highest BCUT2D eigenvalue weighted by Gasteiger charge is 2.15. The monoisotopic (exact) mass is 270 g/mol. The van der Waals surface area contributed by atoms with Crippen molar-refractivity contribution < 1.29 is 17.9 Å². The molecule has 0 aliphatic rings. The van der Waals surface area contributed by atoms with E-state index >= 15 is 0 Å². The molecule has 6 nitrogen and oxygen atoms in total. The summed E-state index contributed by atoms with van der Waals surface area (Å²) in [4.78, 5) is 13.4. The van der Waals surface area contributed by atoms with E-state index in [2.05, 4.69) is 26.8 Å². The maximum absolute atomic E-state index is 11.4. The van der Waals surface area contributed by atoms with Gasteiger partial charge in [-0.25, -0.2) is 4.79 Å². The number of thiocarbonyl (C=S) groups is 1. The van der Waals surface area contributed by atoms with Gasteiger partial charge in [-0.15, -0.1) is 0 Å². The van der Waals surface area contributed by atoms with Crippen molar-refractivity contribution in [2.75, 3.05) is 7.11 Å². The zero-order valence-electron chi connectivity index (χ0n) is 8.58. The minimum Gasteiger partial charge on any atom is -0.494 e. The van der Waals surface area contributed by atoms with Gasteiger partial charge in [-0.05, 0) is 30.4 Å². The first-order valence-electron chi connectivity index (χ1n) is 4.15. The maximum atomic E-state index is 11.4. The number of aliphatic imine (C=N–C) groups is 1. The summed E-state index contributed by atoms with van der Waals surface area (Å²) in [5, 5.41) is 2.09. The van der Waals surface area contributed by atoms with Crippen LogP contribution in [0.1, 0.15) is 0 Å². The number of sulfonamides is 1. The van der Waals surface area contributed by atoms with Crippen LogP contribution < -0.4 is 4.74 Å². The lowest BCUT2D eigenvalue weighted by Gasteiger charge is -2.04. The van der Waals surface area contributed by atoms with Crippen molar-refractivity contribution in [2.45, 2.75) is 4.90 Å². The Morgan fingerprint density at radius 3 is 2.65 bits per heavy atom. The molecule has 0 saturated heterocycles. The number of nitrogens with zero attached hydrogens (tertiary/aromatic N) is 2. The van der Waals surface area contributed by atoms with Crippen molar-refractivity contribution in [3.63, 3.8) is 0 Å². The Kier molecular flexibility index (Phi) is 4.25. The highest BCUT2D eigenvalue weighted by Crippen LogP contribution is 2.30. The van der Waals surface area contributed by atoms with Crippen molar-refractivity contribution in [1.29, 1.82) is 0 Å². The number of rotatable bonds is 4. The number of isocyanates is 1. The summed E-state index contributed by atoms with van der Waals surface area (Å²) in [6, 6.07) is 3.78. The van der Waals surface area contributed by atoms with Gasteiger partial charge in [0.05, 0.1) is 17.2 Å². The topological polar surface area (TPSA) is 85.2 Å². The third-order valence-electron chi connectivity index (χ3n) is 1.77. The molecule has 8 heteroatoms. The van der Waals surface area contributed by atoms with Crippen LogP contribution in [0.25, 0.3) is 0 Å². The second-order valence-corrected chi connectivity index (χ2v) is 4.48. The van der Waals surface area contributed by atoms with Gasteiger partial charge in [0.15, 0.2) is 0 Å². The van der Waals surface area contributed by atoms with Crippen molar-refractivity contribution >= 4 is 39.2 Å². The summed E-state index contributed by atoms with van der Waals surface area (Å²) in [5.41, 5.74) is 0.185. The van der Waals surface area contributed by atoms with E-state index in [1.54, 1.807) is 0 Å². The summed E-state index contributed by atoms with van der Waals surface area (Å²) >= 11 is 4.42. The lowest BCUT2D eigenvalue weighted by atomic mass is 10.3. The van der Waals surface area contributed by atoms with Gasteiger partial charge in [-0.2, -0.15) is 13.4 Å². The Morgan fingerprint density at radius 2 is 2.12 bits per heavy atom. The number of methoxy groups -OCH3 is 1. The molecule has 0 aromatic heterocycles. The molecule has 1 rings (SSSR count). The Morgan fingerprint density at radius 1 is 1.41 bits per heavy atom. The number of isothiocyanates is 1. The molecule has 0 bridgehead atoms. The van der Waals surface area contributed by atoms with Crippen LogP contribution in [0, 0.1) is 0 Å². The van der Waals surface area contributed by atoms with Gasteiger partial charge < -0.3 is 4.74 Å². The predicted molar refractivity (Wildman–Crippen MR) is 63.0 cm³/mol. The Labute approximate surface area is 103 Å². The highest BCUT2D eigenvalue weighted by atomic mass is 32.2. The normalized spacial score (nSPS) is 9.94. The summed E-state index contributed by atoms with van der Waals surface area (Å²) in [6.45, 7) is 0. The molecular weight excluding hydrogens is 264 g/mol. The first-order valence-corrected chi connectivity index (χ1v) is 6.00. The molecular formula is C9H6N2O4S2. The zero-order valence-corrected chi connectivity index (χ0v) is 10.2. The van der Waals surface area contributed by atoms with Gasteiger partial charge in [0.2, 0.25) is 0 Å². The quantitative estimate of drug-likeness (QED) is 0.469. The molecule has 0 saturated carbocycles. The van der Waals surface area contributed by atoms with E-state index in [9.17, 15) is 13.2 Å². The van der Waals surface area contributed by atoms with Gasteiger partial charge in [0.25, 0.3) is 16.1 Å². The van der Waals surface area contributed by atoms with Crippen LogP contribution in [0.3, 0.4) is 0 Å². The van der Waals surface area contributed by atoms with Crippen molar-refractivity contribution in [2.24, 2.45) is 9.39 Å². The fraction of sp³-hybridized carbons (Fsp3) is 0.111. The largest absolute Gasteiger partial charge is 0.494 e. The van der Waals surface area contributed by atoms with Crippen LogP contribution in [-0.2, 0) is 14.8 Å². The molecule has 0 unspecified atom stereocenters. The Hall–Kier alpha value is -1.85. The first-order chi connectivity index (χ1) is 8.05. The van der Waals surface area contributed by atoms with Crippen LogP contribution in [0.4, 0.5) is 5.69 Å². The van der Waals surface area contributed by atoms with E-state index in [4.69, 9.17) is 4.74 Å². The average molecular weight is 270 g/mol. The average Bonchev–Trinajstić information content (AvgIpc) is 2.29. The minimum atomic E-state index is -4.05. The second kappa shape index (κ2) is 5.47. The standard InChI is InChI=1S/C9H6N2O4S2/c1-15-9-3-2-7(4-8(9)10-6-16)17(13,14)11-5-12/h2-4H,1H3. The summed E-state index contributed by atoms with van der Waals surface area (Å²) in [6.07, 6.45) is 0.975. The minimum absolute atomic E-state index is 0.185. The molecule has 0 radical (unpaired) electrons. The number of carbonyl (C=O) groups excluding carboxylic acids is 1. The number of benzene rings is 1. The molecule has 88 valence electrons. The molecule has 1 aromatic rings. The van der Waals surface area contributed by atoms with E-state index in [0.717, 1.165) is 6.08 Å². The van der Waals surface area contributed by atoms with Gasteiger partial charge in [0.1, 0.15) is 11.4 Å². The van der Waals surface area contributed by atoms with Gasteiger partial charge in [-0.1, -0.05) is 4.40 Å². The molecule has 0 fully saturated rings. The molecule has 0 aliphatic carbocycles. The predicted octanol–water partition coefficient (Wildman–Crippen LogP) is 1.45. The molecule has 0 spiro atoms. The maximum Gasteiger partial charge on any atom is 0.292 e. The van der Waals surface area contributed by atoms with Crippen LogP contribution in [0.2, 0.25) is 0 Å². The number of hydrogen-bond donors (Lipinski definition) is 0. The number of hydrogen-bond acceptors (Lipinski definition) is 6. The van der Waals surface area contributed by atoms with E-state index in [1.807, 2.05) is 0 Å². The van der Waals surface area contributed by atoms with E-state index in [1.165, 1.54) is 25.3 Å². The van der Waals surface area contributed by atoms with Gasteiger partial charge in [0, 0.05) is 0 Å². The molecule has 17 heavy (non-hydrogen) atoms. The van der Waals surface area contributed by atoms with Crippen LogP contribution in [0.15, 0.2) is 32.5 Å². The fourth-order valence-corrected chi connectivity index (χ4v) is 1.87. The Bertz CT molecular complexity index is 626. The van der Waals surface area contributed by atoms with E-state index in [-0.39, 0.29) is 10.6 Å². The van der Waals surface area contributed by atoms with Crippen LogP contribution in [0.5, 0.6) is 5.75 Å². The van der Waals surface area contributed by atoms with Crippen LogP contribution >= 0.6 is 12.2 Å². The molecule has 0 heterocycles. The SMILES string of the molecule is COc1ccc(S(=O)(=O)N=C=O)cc1N=C=S. The first kappa shape index (κ1) is 13.2. The smallest absolute Gasteiger partial charge is 0.292 e. The van der Waals surface area contributed by atoms with Crippen molar-refractivity contribution in [3.05, 3.63) is 18.2 Å². The third-order valence-corrected chi connectivity index (χ3v) is 3.03. The van der Waals surface area contributed by atoms with Crippen LogP contribution in [-0.4, -0.2) is 26.8 Å². The summed E-state index contributed by atoms with van der Waals surface area (Å²) in [7, 11) is -2.65.